The molecule has 0 aliphatic carbocycles. The summed E-state index contributed by atoms with van der Waals surface area (Å²) < 4.78 is 0. The van der Waals surface area contributed by atoms with E-state index in [1.807, 2.05) is 39.0 Å². The summed E-state index contributed by atoms with van der Waals surface area (Å²) in [5, 5.41) is 14.5. The van der Waals surface area contributed by atoms with E-state index in [9.17, 15) is 4.79 Å². The van der Waals surface area contributed by atoms with Crippen molar-refractivity contribution in [3.8, 4) is 0 Å². The molecule has 0 fully saturated rings. The van der Waals surface area contributed by atoms with Crippen molar-refractivity contribution >= 4 is 11.7 Å². The van der Waals surface area contributed by atoms with Gasteiger partial charge in [0.05, 0.1) is 0 Å². The van der Waals surface area contributed by atoms with Crippen LogP contribution in [-0.2, 0) is 0 Å². The van der Waals surface area contributed by atoms with Gasteiger partial charge in [-0.2, -0.15) is 0 Å². The Bertz CT molecular complexity index is 405. The quantitative estimate of drug-likeness (QED) is 0.752. The van der Waals surface area contributed by atoms with E-state index in [1.54, 1.807) is 0 Å². The zero-order chi connectivity index (χ0) is 13.5. The molecule has 3 N–H and O–H groups in total. The number of hydrogen-bond acceptors (Lipinski definition) is 2. The van der Waals surface area contributed by atoms with Crippen LogP contribution in [0, 0.1) is 13.8 Å². The minimum absolute atomic E-state index is 0.0153. The SMILES string of the molecule is CCC(CCO)NC(=O)Nc1ccc(C)c(C)c1. The van der Waals surface area contributed by atoms with Gasteiger partial charge in [-0.15, -0.1) is 0 Å². The minimum atomic E-state index is -0.224. The number of carbonyl (C=O) groups is 1. The van der Waals surface area contributed by atoms with E-state index >= 15 is 0 Å². The molecule has 0 aliphatic rings. The molecule has 0 aromatic heterocycles. The summed E-state index contributed by atoms with van der Waals surface area (Å²) >= 11 is 0. The molecule has 1 rings (SSSR count). The van der Waals surface area contributed by atoms with Crippen LogP contribution in [0.5, 0.6) is 0 Å². The molecule has 1 unspecified atom stereocenters. The summed E-state index contributed by atoms with van der Waals surface area (Å²) in [4.78, 5) is 11.7. The van der Waals surface area contributed by atoms with Crippen LogP contribution < -0.4 is 10.6 Å². The number of amides is 2. The predicted molar refractivity (Wildman–Crippen MR) is 73.9 cm³/mol. The van der Waals surface area contributed by atoms with E-state index < -0.39 is 0 Å². The second kappa shape index (κ2) is 7.01. The average molecular weight is 250 g/mol. The van der Waals surface area contributed by atoms with E-state index in [-0.39, 0.29) is 18.7 Å². The van der Waals surface area contributed by atoms with Gasteiger partial charge in [-0.1, -0.05) is 13.0 Å². The molecular weight excluding hydrogens is 228 g/mol. The normalized spacial score (nSPS) is 12.0. The fourth-order valence-electron chi connectivity index (χ4n) is 1.71. The van der Waals surface area contributed by atoms with Gasteiger partial charge in [0.1, 0.15) is 0 Å². The molecule has 0 aliphatic heterocycles. The van der Waals surface area contributed by atoms with Crippen molar-refractivity contribution in [3.63, 3.8) is 0 Å². The lowest BCUT2D eigenvalue weighted by atomic mass is 10.1. The molecule has 0 saturated carbocycles. The third-order valence-corrected chi connectivity index (χ3v) is 3.07. The van der Waals surface area contributed by atoms with Gasteiger partial charge in [0.25, 0.3) is 0 Å². The number of nitrogens with one attached hydrogen (secondary N) is 2. The van der Waals surface area contributed by atoms with Crippen LogP contribution in [0.15, 0.2) is 18.2 Å². The molecule has 1 aromatic rings. The molecule has 18 heavy (non-hydrogen) atoms. The number of rotatable bonds is 5. The number of aliphatic hydroxyl groups is 1. The first-order valence-corrected chi connectivity index (χ1v) is 6.32. The Morgan fingerprint density at radius 1 is 1.33 bits per heavy atom. The molecular formula is C14H22N2O2. The predicted octanol–water partition coefficient (Wildman–Crippen LogP) is 2.59. The zero-order valence-corrected chi connectivity index (χ0v) is 11.3. The maximum absolute atomic E-state index is 11.7. The fraction of sp³-hybridized carbons (Fsp3) is 0.500. The molecule has 0 heterocycles. The fourth-order valence-corrected chi connectivity index (χ4v) is 1.71. The molecule has 0 saturated heterocycles. The molecule has 0 radical (unpaired) electrons. The van der Waals surface area contributed by atoms with Crippen molar-refractivity contribution in [1.82, 2.24) is 5.32 Å². The number of anilines is 1. The van der Waals surface area contributed by atoms with Gasteiger partial charge in [0.2, 0.25) is 0 Å². The monoisotopic (exact) mass is 250 g/mol. The van der Waals surface area contributed by atoms with Gasteiger partial charge in [-0.3, -0.25) is 0 Å². The molecule has 0 spiro atoms. The van der Waals surface area contributed by atoms with E-state index in [0.29, 0.717) is 6.42 Å². The Kier molecular flexibility index (Phi) is 5.65. The van der Waals surface area contributed by atoms with Crippen molar-refractivity contribution in [2.45, 2.75) is 39.7 Å². The largest absolute Gasteiger partial charge is 0.396 e. The first-order chi connectivity index (χ1) is 8.56. The smallest absolute Gasteiger partial charge is 0.319 e. The lowest BCUT2D eigenvalue weighted by molar-refractivity contribution is 0.237. The molecule has 1 atom stereocenters. The van der Waals surface area contributed by atoms with Crippen LogP contribution in [-0.4, -0.2) is 23.8 Å². The Hall–Kier alpha value is -1.55. The van der Waals surface area contributed by atoms with Gasteiger partial charge in [-0.25, -0.2) is 4.79 Å². The highest BCUT2D eigenvalue weighted by Gasteiger charge is 2.09. The van der Waals surface area contributed by atoms with Crippen LogP contribution in [0.3, 0.4) is 0 Å². The lowest BCUT2D eigenvalue weighted by Crippen LogP contribution is -2.38. The van der Waals surface area contributed by atoms with Gasteiger partial charge in [0.15, 0.2) is 0 Å². The van der Waals surface area contributed by atoms with Gasteiger partial charge >= 0.3 is 6.03 Å². The van der Waals surface area contributed by atoms with Crippen molar-refractivity contribution in [2.75, 3.05) is 11.9 Å². The molecule has 1 aromatic carbocycles. The Morgan fingerprint density at radius 2 is 2.06 bits per heavy atom. The molecule has 2 amide bonds. The number of carbonyl (C=O) groups excluding carboxylic acids is 1. The van der Waals surface area contributed by atoms with Gasteiger partial charge in [0, 0.05) is 18.3 Å². The number of aryl methyl sites for hydroxylation is 2. The molecule has 0 bridgehead atoms. The maximum atomic E-state index is 11.7. The van der Waals surface area contributed by atoms with Crippen molar-refractivity contribution in [1.29, 1.82) is 0 Å². The first-order valence-electron chi connectivity index (χ1n) is 6.32. The number of hydrogen-bond donors (Lipinski definition) is 3. The summed E-state index contributed by atoms with van der Waals surface area (Å²) in [7, 11) is 0. The van der Waals surface area contributed by atoms with Gasteiger partial charge < -0.3 is 15.7 Å². The third-order valence-electron chi connectivity index (χ3n) is 3.07. The van der Waals surface area contributed by atoms with Crippen LogP contribution in [0.4, 0.5) is 10.5 Å². The number of urea groups is 1. The van der Waals surface area contributed by atoms with E-state index in [0.717, 1.165) is 17.7 Å². The van der Waals surface area contributed by atoms with Crippen LogP contribution in [0.25, 0.3) is 0 Å². The van der Waals surface area contributed by atoms with Crippen LogP contribution in [0.2, 0.25) is 0 Å². The van der Waals surface area contributed by atoms with Crippen LogP contribution >= 0.6 is 0 Å². The summed E-state index contributed by atoms with van der Waals surface area (Å²) in [6.45, 7) is 6.12. The van der Waals surface area contributed by atoms with Crippen LogP contribution in [0.1, 0.15) is 30.9 Å². The zero-order valence-electron chi connectivity index (χ0n) is 11.3. The van der Waals surface area contributed by atoms with E-state index in [2.05, 4.69) is 10.6 Å². The standard InChI is InChI=1S/C14H22N2O2/c1-4-12(7-8-17)15-14(18)16-13-6-5-10(2)11(3)9-13/h5-6,9,12,17H,4,7-8H2,1-3H3,(H2,15,16,18). The number of aliphatic hydroxyl groups excluding tert-OH is 1. The van der Waals surface area contributed by atoms with E-state index in [1.165, 1.54) is 5.56 Å². The summed E-state index contributed by atoms with van der Waals surface area (Å²) in [6, 6.07) is 5.60. The van der Waals surface area contributed by atoms with Crippen molar-refractivity contribution < 1.29 is 9.90 Å². The second-order valence-electron chi connectivity index (χ2n) is 4.51. The molecule has 4 heteroatoms. The summed E-state index contributed by atoms with van der Waals surface area (Å²) in [5.74, 6) is 0. The Balaban J connectivity index is 2.55. The highest BCUT2D eigenvalue weighted by atomic mass is 16.3. The highest BCUT2D eigenvalue weighted by molar-refractivity contribution is 5.89. The Labute approximate surface area is 108 Å². The Morgan fingerprint density at radius 3 is 2.61 bits per heavy atom. The third kappa shape index (κ3) is 4.37. The second-order valence-corrected chi connectivity index (χ2v) is 4.51. The lowest BCUT2D eigenvalue weighted by Gasteiger charge is -2.16. The van der Waals surface area contributed by atoms with Crippen molar-refractivity contribution in [2.24, 2.45) is 0 Å². The molecule has 100 valence electrons. The number of benzene rings is 1. The van der Waals surface area contributed by atoms with E-state index in [4.69, 9.17) is 5.11 Å². The summed E-state index contributed by atoms with van der Waals surface area (Å²) in [6.07, 6.45) is 1.39. The summed E-state index contributed by atoms with van der Waals surface area (Å²) in [5.41, 5.74) is 3.14. The maximum Gasteiger partial charge on any atom is 0.319 e. The molecule has 4 nitrogen and oxygen atoms in total. The topological polar surface area (TPSA) is 61.4 Å². The average Bonchev–Trinajstić information content (AvgIpc) is 2.33. The highest BCUT2D eigenvalue weighted by Crippen LogP contribution is 2.14. The van der Waals surface area contributed by atoms with Crippen molar-refractivity contribution in [3.05, 3.63) is 29.3 Å². The minimum Gasteiger partial charge on any atom is -0.396 e. The van der Waals surface area contributed by atoms with Gasteiger partial charge in [-0.05, 0) is 49.9 Å². The first kappa shape index (κ1) is 14.5.